The maximum absolute atomic E-state index is 15.9. The number of benzene rings is 10. The number of rotatable bonds is 4. The van der Waals surface area contributed by atoms with Crippen LogP contribution in [0.1, 0.15) is 0 Å². The molecule has 0 aliphatic carbocycles. The topological polar surface area (TPSA) is 17.1 Å². The smallest absolute Gasteiger partial charge is 0.171 e. The van der Waals surface area contributed by atoms with Gasteiger partial charge < -0.3 is 4.57 Å². The van der Waals surface area contributed by atoms with E-state index in [1.54, 1.807) is 0 Å². The predicted molar refractivity (Wildman–Crippen MR) is 216 cm³/mol. The molecule has 0 aliphatic rings. The van der Waals surface area contributed by atoms with Crippen LogP contribution < -0.4 is 15.9 Å². The van der Waals surface area contributed by atoms with Gasteiger partial charge in [-0.3, -0.25) is 0 Å². The van der Waals surface area contributed by atoms with Crippen LogP contribution in [0.2, 0.25) is 0 Å². The zero-order chi connectivity index (χ0) is 33.2. The van der Waals surface area contributed by atoms with Crippen molar-refractivity contribution in [2.45, 2.75) is 0 Å². The SMILES string of the molecule is O=P(c1ccc(-c2c3ccc4ccccc4c3cc3c2ccc2ccccc23)cc1)(c1ccc2ccccc2c1)c1ccc2ccccc2c1. The molecule has 1 nitrogen and oxygen atoms in total. The van der Waals surface area contributed by atoms with Gasteiger partial charge in [-0.15, -0.1) is 0 Å². The predicted octanol–water partition coefficient (Wildman–Crippen LogP) is 11.9. The van der Waals surface area contributed by atoms with E-state index in [0.717, 1.165) is 43.0 Å². The summed E-state index contributed by atoms with van der Waals surface area (Å²) in [6.45, 7) is 0. The Balaban J connectivity index is 1.22. The van der Waals surface area contributed by atoms with Gasteiger partial charge in [-0.05, 0) is 94.0 Å². The summed E-state index contributed by atoms with van der Waals surface area (Å²) in [6, 6.07) is 66.4. The average Bonchev–Trinajstić information content (AvgIpc) is 3.19. The second-order valence-electron chi connectivity index (χ2n) is 13.2. The van der Waals surface area contributed by atoms with Gasteiger partial charge in [0, 0.05) is 15.9 Å². The molecule has 0 atom stereocenters. The third kappa shape index (κ3) is 4.44. The van der Waals surface area contributed by atoms with E-state index in [-0.39, 0.29) is 0 Å². The van der Waals surface area contributed by atoms with Crippen LogP contribution in [0.3, 0.4) is 0 Å². The fourth-order valence-corrected chi connectivity index (χ4v) is 10.6. The molecule has 0 heterocycles. The summed E-state index contributed by atoms with van der Waals surface area (Å²) in [5, 5.41) is 16.8. The molecule has 0 unspecified atom stereocenters. The molecule has 0 aliphatic heterocycles. The molecule has 50 heavy (non-hydrogen) atoms. The molecule has 0 saturated carbocycles. The van der Waals surface area contributed by atoms with Gasteiger partial charge in [0.05, 0.1) is 0 Å². The maximum Gasteiger partial charge on any atom is 0.171 e. The molecule has 0 saturated heterocycles. The summed E-state index contributed by atoms with van der Waals surface area (Å²) in [4.78, 5) is 0. The summed E-state index contributed by atoms with van der Waals surface area (Å²) in [7, 11) is -3.26. The van der Waals surface area contributed by atoms with Gasteiger partial charge in [0.2, 0.25) is 0 Å². The Morgan fingerprint density at radius 1 is 0.280 bits per heavy atom. The van der Waals surface area contributed by atoms with Crippen LogP contribution in [0.4, 0.5) is 0 Å². The Kier molecular flexibility index (Phi) is 6.53. The van der Waals surface area contributed by atoms with E-state index in [1.165, 1.54) is 48.7 Å². The fourth-order valence-electron chi connectivity index (χ4n) is 7.97. The third-order valence-electron chi connectivity index (χ3n) is 10.5. The quantitative estimate of drug-likeness (QED) is 0.105. The third-order valence-corrected chi connectivity index (χ3v) is 13.5. The van der Waals surface area contributed by atoms with Crippen LogP contribution in [-0.2, 0) is 4.57 Å². The van der Waals surface area contributed by atoms with E-state index in [1.807, 2.05) is 24.3 Å². The lowest BCUT2D eigenvalue weighted by molar-refractivity contribution is 0.592. The summed E-state index contributed by atoms with van der Waals surface area (Å²) < 4.78 is 15.9. The monoisotopic (exact) mass is 654 g/mol. The standard InChI is InChI=1S/C48H31OP/c49-50(40-25-17-32-9-1-3-13-37(32)29-40,41-26-18-33-10-2-4-14-38(33)30-41)39-23-19-36(20-24-39)48-44-27-21-34-11-5-7-15-42(34)46(44)31-47-43-16-8-6-12-35(43)22-28-45(47)48/h1-31H. The summed E-state index contributed by atoms with van der Waals surface area (Å²) in [5.41, 5.74) is 2.31. The van der Waals surface area contributed by atoms with Gasteiger partial charge >= 0.3 is 0 Å². The molecule has 10 aromatic rings. The lowest BCUT2D eigenvalue weighted by Gasteiger charge is -2.22. The summed E-state index contributed by atoms with van der Waals surface area (Å²) in [6.07, 6.45) is 0. The molecule has 234 valence electrons. The Labute approximate surface area is 290 Å². The highest BCUT2D eigenvalue weighted by molar-refractivity contribution is 7.85. The van der Waals surface area contributed by atoms with Crippen molar-refractivity contribution in [3.05, 3.63) is 188 Å². The van der Waals surface area contributed by atoms with Gasteiger partial charge in [0.25, 0.3) is 0 Å². The van der Waals surface area contributed by atoms with E-state index in [4.69, 9.17) is 0 Å². The minimum Gasteiger partial charge on any atom is -0.309 e. The van der Waals surface area contributed by atoms with Crippen LogP contribution in [0.15, 0.2) is 188 Å². The van der Waals surface area contributed by atoms with Crippen molar-refractivity contribution >= 4 is 87.7 Å². The zero-order valence-electron chi connectivity index (χ0n) is 27.3. The maximum atomic E-state index is 15.9. The van der Waals surface area contributed by atoms with Gasteiger partial charge in [0.1, 0.15) is 0 Å². The molecule has 0 fully saturated rings. The van der Waals surface area contributed by atoms with Gasteiger partial charge in [-0.2, -0.15) is 0 Å². The van der Waals surface area contributed by atoms with Crippen molar-refractivity contribution in [1.29, 1.82) is 0 Å². The number of fused-ring (bicyclic) bond motifs is 8. The minimum absolute atomic E-state index is 0.826. The normalized spacial score (nSPS) is 12.1. The van der Waals surface area contributed by atoms with E-state index in [2.05, 4.69) is 164 Å². The van der Waals surface area contributed by atoms with E-state index in [9.17, 15) is 0 Å². The van der Waals surface area contributed by atoms with Crippen LogP contribution in [0.25, 0.3) is 75.8 Å². The second-order valence-corrected chi connectivity index (χ2v) is 16.0. The fraction of sp³-hybridized carbons (Fsp3) is 0. The highest BCUT2D eigenvalue weighted by Crippen LogP contribution is 2.46. The van der Waals surface area contributed by atoms with E-state index >= 15 is 4.57 Å². The summed E-state index contributed by atoms with van der Waals surface area (Å²) in [5.74, 6) is 0. The lowest BCUT2D eigenvalue weighted by Crippen LogP contribution is -2.25. The number of hydrogen-bond donors (Lipinski definition) is 0. The molecule has 0 radical (unpaired) electrons. The average molecular weight is 655 g/mol. The van der Waals surface area contributed by atoms with Crippen molar-refractivity contribution in [2.75, 3.05) is 0 Å². The Bertz CT molecular complexity index is 2830. The molecule has 2 heteroatoms. The van der Waals surface area contributed by atoms with Gasteiger partial charge in [-0.1, -0.05) is 170 Å². The molecular weight excluding hydrogens is 624 g/mol. The molecule has 0 spiro atoms. The van der Waals surface area contributed by atoms with Crippen molar-refractivity contribution < 1.29 is 4.57 Å². The largest absolute Gasteiger partial charge is 0.309 e. The molecule has 0 bridgehead atoms. The van der Waals surface area contributed by atoms with Crippen molar-refractivity contribution in [2.24, 2.45) is 0 Å². The molecule has 10 aromatic carbocycles. The Hall–Kier alpha value is -6.01. The van der Waals surface area contributed by atoms with E-state index < -0.39 is 7.14 Å². The first-order valence-electron chi connectivity index (χ1n) is 17.1. The molecule has 10 rings (SSSR count). The highest BCUT2D eigenvalue weighted by atomic mass is 31.2. The first-order valence-corrected chi connectivity index (χ1v) is 18.8. The molecule has 0 N–H and O–H groups in total. The second kappa shape index (κ2) is 11.3. The molecule has 0 amide bonds. The summed E-state index contributed by atoms with van der Waals surface area (Å²) >= 11 is 0. The highest BCUT2D eigenvalue weighted by Gasteiger charge is 2.30. The Morgan fingerprint density at radius 2 is 0.680 bits per heavy atom. The number of hydrogen-bond acceptors (Lipinski definition) is 1. The van der Waals surface area contributed by atoms with Gasteiger partial charge in [-0.25, -0.2) is 0 Å². The van der Waals surface area contributed by atoms with Crippen LogP contribution in [0, 0.1) is 0 Å². The minimum atomic E-state index is -3.26. The van der Waals surface area contributed by atoms with Crippen LogP contribution in [0.5, 0.6) is 0 Å². The van der Waals surface area contributed by atoms with E-state index in [0.29, 0.717) is 0 Å². The van der Waals surface area contributed by atoms with Gasteiger partial charge in [0.15, 0.2) is 7.14 Å². The first-order chi connectivity index (χ1) is 24.6. The molecule has 0 aromatic heterocycles. The van der Waals surface area contributed by atoms with Crippen molar-refractivity contribution in [3.8, 4) is 11.1 Å². The molecular formula is C48H31OP. The van der Waals surface area contributed by atoms with Crippen LogP contribution >= 0.6 is 7.14 Å². The Morgan fingerprint density at radius 3 is 1.18 bits per heavy atom. The lowest BCUT2D eigenvalue weighted by atomic mass is 9.88. The zero-order valence-corrected chi connectivity index (χ0v) is 28.1. The van der Waals surface area contributed by atoms with Crippen LogP contribution in [-0.4, -0.2) is 0 Å². The van der Waals surface area contributed by atoms with Crippen molar-refractivity contribution in [1.82, 2.24) is 0 Å². The van der Waals surface area contributed by atoms with Crippen molar-refractivity contribution in [3.63, 3.8) is 0 Å². The first kappa shape index (κ1) is 29.0.